The first-order chi connectivity index (χ1) is 12.0. The van der Waals surface area contributed by atoms with Gasteiger partial charge in [0.05, 0.1) is 26.3 Å². The number of β-lactam (4-membered cyclic amide) rings is 1. The molecule has 0 aliphatic carbocycles. The standard InChI is InChI=1S/C17H20N2O6/c1-18-12(9-13(25-18)17(21)24-4)14-15(23-3)16(20)19(14)10-5-7-11(22-2)8-6-10/h5-9,12,14-15H,1-4H3/t12-,14+,15-/m1/s1. The highest BCUT2D eigenvalue weighted by Gasteiger charge is 2.55. The first-order valence-electron chi connectivity index (χ1n) is 7.72. The highest BCUT2D eigenvalue weighted by Crippen LogP contribution is 2.36. The molecule has 134 valence electrons. The van der Waals surface area contributed by atoms with Gasteiger partial charge in [0.1, 0.15) is 5.75 Å². The molecule has 2 aliphatic rings. The van der Waals surface area contributed by atoms with E-state index in [0.29, 0.717) is 5.75 Å². The largest absolute Gasteiger partial charge is 0.497 e. The van der Waals surface area contributed by atoms with Crippen LogP contribution in [-0.2, 0) is 23.9 Å². The molecule has 2 heterocycles. The van der Waals surface area contributed by atoms with Gasteiger partial charge in [-0.05, 0) is 30.3 Å². The number of rotatable bonds is 5. The minimum absolute atomic E-state index is 0.0962. The Morgan fingerprint density at radius 1 is 1.16 bits per heavy atom. The average molecular weight is 348 g/mol. The molecule has 25 heavy (non-hydrogen) atoms. The van der Waals surface area contributed by atoms with Crippen LogP contribution >= 0.6 is 0 Å². The van der Waals surface area contributed by atoms with Crippen molar-refractivity contribution < 1.29 is 28.6 Å². The number of carbonyl (C=O) groups excluding carboxylic acids is 2. The van der Waals surface area contributed by atoms with Crippen LogP contribution in [0.4, 0.5) is 5.69 Å². The van der Waals surface area contributed by atoms with E-state index in [0.717, 1.165) is 5.69 Å². The number of methoxy groups -OCH3 is 3. The third-order valence-electron chi connectivity index (χ3n) is 4.41. The predicted octanol–water partition coefficient (Wildman–Crippen LogP) is 0.728. The highest BCUT2D eigenvalue weighted by molar-refractivity contribution is 6.05. The Labute approximate surface area is 145 Å². The van der Waals surface area contributed by atoms with Crippen LogP contribution in [0.2, 0.25) is 0 Å². The quantitative estimate of drug-likeness (QED) is 0.573. The molecule has 0 N–H and O–H groups in total. The number of hydrogen-bond donors (Lipinski definition) is 0. The molecule has 1 amide bonds. The van der Waals surface area contributed by atoms with Gasteiger partial charge in [-0.3, -0.25) is 4.79 Å². The molecule has 1 saturated heterocycles. The summed E-state index contributed by atoms with van der Waals surface area (Å²) >= 11 is 0. The monoisotopic (exact) mass is 348 g/mol. The van der Waals surface area contributed by atoms with Crippen molar-refractivity contribution in [2.45, 2.75) is 18.2 Å². The number of anilines is 1. The molecule has 3 atom stereocenters. The molecule has 0 bridgehead atoms. The maximum Gasteiger partial charge on any atom is 0.375 e. The Bertz CT molecular complexity index is 702. The lowest BCUT2D eigenvalue weighted by Gasteiger charge is -2.49. The molecule has 1 aromatic rings. The smallest absolute Gasteiger partial charge is 0.375 e. The fourth-order valence-electron chi connectivity index (χ4n) is 3.12. The second kappa shape index (κ2) is 6.73. The van der Waals surface area contributed by atoms with Gasteiger partial charge in [-0.2, -0.15) is 0 Å². The van der Waals surface area contributed by atoms with Crippen molar-refractivity contribution >= 4 is 17.6 Å². The molecule has 0 radical (unpaired) electrons. The van der Waals surface area contributed by atoms with Gasteiger partial charge in [-0.25, -0.2) is 4.79 Å². The van der Waals surface area contributed by atoms with Crippen molar-refractivity contribution in [2.24, 2.45) is 0 Å². The summed E-state index contributed by atoms with van der Waals surface area (Å²) in [7, 11) is 6.05. The number of likely N-dealkylation sites (N-methyl/N-ethyl adjacent to an activating group) is 1. The van der Waals surface area contributed by atoms with Gasteiger partial charge in [-0.1, -0.05) is 0 Å². The van der Waals surface area contributed by atoms with Gasteiger partial charge in [0, 0.05) is 19.8 Å². The van der Waals surface area contributed by atoms with E-state index in [9.17, 15) is 9.59 Å². The van der Waals surface area contributed by atoms with Crippen LogP contribution < -0.4 is 9.64 Å². The number of hydroxylamine groups is 2. The minimum atomic E-state index is -0.619. The maximum atomic E-state index is 12.5. The Kier molecular flexibility index (Phi) is 4.65. The van der Waals surface area contributed by atoms with E-state index in [1.165, 1.54) is 19.3 Å². The molecule has 0 aromatic heterocycles. The molecule has 1 fully saturated rings. The first-order valence-corrected chi connectivity index (χ1v) is 7.72. The molecule has 0 spiro atoms. The van der Waals surface area contributed by atoms with Crippen molar-refractivity contribution in [3.05, 3.63) is 36.1 Å². The van der Waals surface area contributed by atoms with Crippen molar-refractivity contribution in [2.75, 3.05) is 33.3 Å². The average Bonchev–Trinajstić information content (AvgIpc) is 3.00. The third kappa shape index (κ3) is 2.83. The van der Waals surface area contributed by atoms with E-state index in [1.54, 1.807) is 49.4 Å². The molecular weight excluding hydrogens is 328 g/mol. The van der Waals surface area contributed by atoms with E-state index >= 15 is 0 Å². The van der Waals surface area contributed by atoms with Crippen LogP contribution in [0.3, 0.4) is 0 Å². The summed E-state index contributed by atoms with van der Waals surface area (Å²) in [5.74, 6) is 0.0839. The van der Waals surface area contributed by atoms with Gasteiger partial charge < -0.3 is 23.9 Å². The Morgan fingerprint density at radius 2 is 1.84 bits per heavy atom. The second-order valence-electron chi connectivity index (χ2n) is 5.70. The summed E-state index contributed by atoms with van der Waals surface area (Å²) in [4.78, 5) is 31.3. The lowest BCUT2D eigenvalue weighted by molar-refractivity contribution is -0.160. The third-order valence-corrected chi connectivity index (χ3v) is 4.41. The van der Waals surface area contributed by atoms with Crippen LogP contribution in [0.15, 0.2) is 36.1 Å². The van der Waals surface area contributed by atoms with Gasteiger partial charge >= 0.3 is 5.97 Å². The number of carbonyl (C=O) groups is 2. The maximum absolute atomic E-state index is 12.5. The van der Waals surface area contributed by atoms with Crippen molar-refractivity contribution in [3.63, 3.8) is 0 Å². The van der Waals surface area contributed by atoms with Crippen molar-refractivity contribution in [1.29, 1.82) is 0 Å². The lowest BCUT2D eigenvalue weighted by Crippen LogP contribution is -2.71. The number of nitrogens with zero attached hydrogens (tertiary/aromatic N) is 2. The summed E-state index contributed by atoms with van der Waals surface area (Å²) in [6.07, 6.45) is 1.03. The zero-order chi connectivity index (χ0) is 18.1. The summed E-state index contributed by atoms with van der Waals surface area (Å²) < 4.78 is 15.2. The van der Waals surface area contributed by atoms with Gasteiger partial charge in [0.15, 0.2) is 6.10 Å². The fraction of sp³-hybridized carbons (Fsp3) is 0.412. The highest BCUT2D eigenvalue weighted by atomic mass is 16.7. The van der Waals surface area contributed by atoms with Crippen molar-refractivity contribution in [3.8, 4) is 5.75 Å². The topological polar surface area (TPSA) is 77.5 Å². The number of hydrogen-bond acceptors (Lipinski definition) is 7. The van der Waals surface area contributed by atoms with Crippen LogP contribution in [0.1, 0.15) is 0 Å². The van der Waals surface area contributed by atoms with Gasteiger partial charge in [0.25, 0.3) is 5.91 Å². The van der Waals surface area contributed by atoms with Crippen LogP contribution in [0, 0.1) is 0 Å². The normalized spacial score (nSPS) is 25.9. The summed E-state index contributed by atoms with van der Waals surface area (Å²) in [5.41, 5.74) is 0.720. The van der Waals surface area contributed by atoms with Gasteiger partial charge in [0.2, 0.25) is 5.76 Å². The molecule has 0 saturated carbocycles. The fourth-order valence-corrected chi connectivity index (χ4v) is 3.12. The van der Waals surface area contributed by atoms with E-state index in [2.05, 4.69) is 4.74 Å². The van der Waals surface area contributed by atoms with E-state index in [1.807, 2.05) is 0 Å². The second-order valence-corrected chi connectivity index (χ2v) is 5.70. The molecule has 8 nitrogen and oxygen atoms in total. The SMILES string of the molecule is COC(=O)C1=C[C@H]([C@H]2[C@@H](OC)C(=O)N2c2ccc(OC)cc2)N(C)O1. The predicted molar refractivity (Wildman–Crippen MR) is 87.8 cm³/mol. The minimum Gasteiger partial charge on any atom is -0.497 e. The number of ether oxygens (including phenoxy) is 3. The van der Waals surface area contributed by atoms with Crippen LogP contribution in [0.5, 0.6) is 5.75 Å². The van der Waals surface area contributed by atoms with Crippen LogP contribution in [-0.4, -0.2) is 63.5 Å². The molecule has 0 unspecified atom stereocenters. The summed E-state index contributed by atoms with van der Waals surface area (Å²) in [6, 6.07) is 6.48. The van der Waals surface area contributed by atoms with E-state index in [4.69, 9.17) is 14.3 Å². The molecule has 2 aliphatic heterocycles. The number of benzene rings is 1. The summed E-state index contributed by atoms with van der Waals surface area (Å²) in [5, 5.41) is 1.52. The molecule has 1 aromatic carbocycles. The Morgan fingerprint density at radius 3 is 2.40 bits per heavy atom. The molecular formula is C17H20N2O6. The van der Waals surface area contributed by atoms with Crippen molar-refractivity contribution in [1.82, 2.24) is 5.06 Å². The molecule has 8 heteroatoms. The summed E-state index contributed by atoms with van der Waals surface area (Å²) in [6.45, 7) is 0. The zero-order valence-electron chi connectivity index (χ0n) is 14.5. The molecule has 3 rings (SSSR count). The Hall–Kier alpha value is -2.58. The zero-order valence-corrected chi connectivity index (χ0v) is 14.5. The van der Waals surface area contributed by atoms with E-state index in [-0.39, 0.29) is 23.8 Å². The first kappa shape index (κ1) is 17.2. The number of esters is 1. The number of amides is 1. The van der Waals surface area contributed by atoms with Crippen LogP contribution in [0.25, 0.3) is 0 Å². The Balaban J connectivity index is 1.89. The lowest BCUT2D eigenvalue weighted by atomic mass is 9.89. The van der Waals surface area contributed by atoms with E-state index < -0.39 is 12.1 Å². The van der Waals surface area contributed by atoms with Gasteiger partial charge in [-0.15, -0.1) is 5.06 Å².